The summed E-state index contributed by atoms with van der Waals surface area (Å²) in [6, 6.07) is 0. The Labute approximate surface area is 651 Å². The quantitative estimate of drug-likeness (QED) is 0.0222. The molecule has 0 heterocycles. The molecule has 17 nitrogen and oxygen atoms in total. The second-order valence-electron chi connectivity index (χ2n) is 31.8. The van der Waals surface area contributed by atoms with Crippen molar-refractivity contribution in [2.24, 2.45) is 5.92 Å². The summed E-state index contributed by atoms with van der Waals surface area (Å²) in [7, 11) is -9.93. The minimum absolute atomic E-state index is 0.109. The van der Waals surface area contributed by atoms with Crippen LogP contribution in [0.25, 0.3) is 0 Å². The lowest BCUT2D eigenvalue weighted by Gasteiger charge is -2.21. The van der Waals surface area contributed by atoms with Gasteiger partial charge in [-0.25, -0.2) is 9.13 Å². The Morgan fingerprint density at radius 1 is 0.255 bits per heavy atom. The van der Waals surface area contributed by atoms with Gasteiger partial charge in [-0.15, -0.1) is 0 Å². The lowest BCUT2D eigenvalue weighted by molar-refractivity contribution is -0.161. The average molecular weight is 1550 g/mol. The number of carbonyl (C=O) groups is 4. The van der Waals surface area contributed by atoms with Gasteiger partial charge in [0.25, 0.3) is 0 Å². The van der Waals surface area contributed by atoms with Gasteiger partial charge < -0.3 is 33.8 Å². The second-order valence-corrected chi connectivity index (χ2v) is 34.7. The first-order valence-electron chi connectivity index (χ1n) is 45.1. The number of esters is 4. The van der Waals surface area contributed by atoms with Gasteiger partial charge in [-0.05, 0) is 31.6 Å². The van der Waals surface area contributed by atoms with Crippen LogP contribution in [0.2, 0.25) is 0 Å². The summed E-state index contributed by atoms with van der Waals surface area (Å²) >= 11 is 0. The highest BCUT2D eigenvalue weighted by Gasteiger charge is 2.30. The van der Waals surface area contributed by atoms with Crippen LogP contribution in [0.4, 0.5) is 0 Å². The van der Waals surface area contributed by atoms with E-state index in [0.29, 0.717) is 25.7 Å². The molecular formula is C87H170O17P2. The monoisotopic (exact) mass is 1550 g/mol. The van der Waals surface area contributed by atoms with Crippen LogP contribution >= 0.6 is 15.6 Å². The Kier molecular flexibility index (Phi) is 78.2. The Hall–Kier alpha value is -1.94. The first-order valence-corrected chi connectivity index (χ1v) is 48.1. The lowest BCUT2D eigenvalue weighted by atomic mass is 10.0. The Bertz CT molecular complexity index is 2010. The van der Waals surface area contributed by atoms with E-state index in [2.05, 4.69) is 34.6 Å². The molecule has 0 saturated heterocycles. The standard InChI is InChI=1S/C87H170O17P2/c1-6-9-12-15-18-21-24-27-29-31-33-36-41-46-51-56-61-66-71-85(90)98-77-83(104-87(92)73-68-63-58-53-48-43-38-34-35-40-44-49-54-59-64-69-80(4)5)79-102-106(95,96)100-75-81(88)74-99-105(93,94)101-78-82(76-97-84(89)70-65-60-55-50-45-39-26-23-20-17-14-11-8-3)103-86(91)72-67-62-57-52-47-42-37-32-30-28-25-22-19-16-13-10-7-2/h80-83,88H,6-79H2,1-5H3,(H,93,94)(H,95,96)/t81-,82+,83+/m0/s1. The number of hydrogen-bond donors (Lipinski definition) is 3. The minimum Gasteiger partial charge on any atom is -0.462 e. The third-order valence-corrected chi connectivity index (χ3v) is 22.4. The fourth-order valence-corrected chi connectivity index (χ4v) is 15.2. The second kappa shape index (κ2) is 79.7. The van der Waals surface area contributed by atoms with Crippen molar-refractivity contribution in [2.75, 3.05) is 39.6 Å². The maximum Gasteiger partial charge on any atom is 0.472 e. The van der Waals surface area contributed by atoms with Gasteiger partial charge in [0.15, 0.2) is 12.2 Å². The predicted molar refractivity (Wildman–Crippen MR) is 437 cm³/mol. The van der Waals surface area contributed by atoms with E-state index in [1.54, 1.807) is 0 Å². The van der Waals surface area contributed by atoms with E-state index in [9.17, 15) is 43.2 Å². The predicted octanol–water partition coefficient (Wildman–Crippen LogP) is 26.8. The molecular weight excluding hydrogens is 1380 g/mol. The fraction of sp³-hybridized carbons (Fsp3) is 0.954. The van der Waals surface area contributed by atoms with Gasteiger partial charge >= 0.3 is 39.5 Å². The van der Waals surface area contributed by atoms with E-state index < -0.39 is 97.5 Å². The Balaban J connectivity index is 5.26. The molecule has 2 unspecified atom stereocenters. The molecule has 0 spiro atoms. The number of ether oxygens (including phenoxy) is 4. The highest BCUT2D eigenvalue weighted by atomic mass is 31.2. The molecule has 0 aliphatic carbocycles. The van der Waals surface area contributed by atoms with Crippen LogP contribution in [0, 0.1) is 5.92 Å². The van der Waals surface area contributed by atoms with Crippen LogP contribution in [-0.2, 0) is 65.4 Å². The number of unbranched alkanes of at least 4 members (excludes halogenated alkanes) is 59. The normalized spacial score (nSPS) is 13.7. The molecule has 106 heavy (non-hydrogen) atoms. The summed E-state index contributed by atoms with van der Waals surface area (Å²) in [6.07, 6.45) is 73.4. The van der Waals surface area contributed by atoms with Gasteiger partial charge in [0, 0.05) is 25.7 Å². The third kappa shape index (κ3) is 80.1. The summed E-state index contributed by atoms with van der Waals surface area (Å²) in [5, 5.41) is 10.7. The molecule has 0 aromatic carbocycles. The van der Waals surface area contributed by atoms with E-state index in [-0.39, 0.29) is 25.7 Å². The first kappa shape index (κ1) is 104. The summed E-state index contributed by atoms with van der Waals surface area (Å²) in [6.45, 7) is 7.41. The molecule has 5 atom stereocenters. The van der Waals surface area contributed by atoms with Crippen LogP contribution in [0.3, 0.4) is 0 Å². The van der Waals surface area contributed by atoms with Gasteiger partial charge in [0.05, 0.1) is 26.4 Å². The topological polar surface area (TPSA) is 237 Å². The number of aliphatic hydroxyl groups excluding tert-OH is 1. The summed E-state index contributed by atoms with van der Waals surface area (Å²) in [5.41, 5.74) is 0. The number of aliphatic hydroxyl groups is 1. The molecule has 0 aliphatic rings. The Morgan fingerprint density at radius 3 is 0.642 bits per heavy atom. The van der Waals surface area contributed by atoms with E-state index in [0.717, 1.165) is 95.8 Å². The van der Waals surface area contributed by atoms with Crippen LogP contribution in [0.15, 0.2) is 0 Å². The maximum absolute atomic E-state index is 13.2. The SMILES string of the molecule is CCCCCCCCCCCCCCCCCCCCC(=O)OC[C@H](COP(=O)(O)OC[C@@H](O)COP(=O)(O)OC[C@@H](COC(=O)CCCCCCCCCCCCCCC)OC(=O)CCCCCCCCCCCCCCCCCCC)OC(=O)CCCCCCCCCCCCCCCCCC(C)C. The highest BCUT2D eigenvalue weighted by molar-refractivity contribution is 7.47. The number of carbonyl (C=O) groups excluding carboxylic acids is 4. The van der Waals surface area contributed by atoms with Crippen molar-refractivity contribution in [3.63, 3.8) is 0 Å². The lowest BCUT2D eigenvalue weighted by Crippen LogP contribution is -2.30. The number of rotatable bonds is 87. The fourth-order valence-electron chi connectivity index (χ4n) is 13.6. The molecule has 0 saturated carbocycles. The van der Waals surface area contributed by atoms with Crippen molar-refractivity contribution in [1.29, 1.82) is 0 Å². The summed E-state index contributed by atoms with van der Waals surface area (Å²) in [4.78, 5) is 73.3. The van der Waals surface area contributed by atoms with Crippen molar-refractivity contribution < 1.29 is 80.2 Å². The average Bonchev–Trinajstić information content (AvgIpc) is 0.901. The van der Waals surface area contributed by atoms with Crippen molar-refractivity contribution in [1.82, 2.24) is 0 Å². The summed E-state index contributed by atoms with van der Waals surface area (Å²) in [5.74, 6) is -1.29. The molecule has 630 valence electrons. The van der Waals surface area contributed by atoms with Crippen LogP contribution in [0.5, 0.6) is 0 Å². The van der Waals surface area contributed by atoms with Gasteiger partial charge in [-0.1, -0.05) is 420 Å². The van der Waals surface area contributed by atoms with Crippen molar-refractivity contribution in [3.8, 4) is 0 Å². The molecule has 0 radical (unpaired) electrons. The van der Waals surface area contributed by atoms with E-state index >= 15 is 0 Å². The minimum atomic E-state index is -4.97. The van der Waals surface area contributed by atoms with Crippen molar-refractivity contribution in [2.45, 2.75) is 490 Å². The third-order valence-electron chi connectivity index (χ3n) is 20.5. The highest BCUT2D eigenvalue weighted by Crippen LogP contribution is 2.45. The zero-order valence-electron chi connectivity index (χ0n) is 69.6. The Morgan fingerprint density at radius 2 is 0.434 bits per heavy atom. The van der Waals surface area contributed by atoms with E-state index in [1.165, 1.54) is 295 Å². The zero-order valence-corrected chi connectivity index (χ0v) is 71.4. The molecule has 0 aliphatic heterocycles. The first-order chi connectivity index (χ1) is 51.5. The molecule has 0 fully saturated rings. The molecule has 0 rings (SSSR count). The molecule has 3 N–H and O–H groups in total. The molecule has 0 aromatic rings. The maximum atomic E-state index is 13.2. The molecule has 0 aromatic heterocycles. The molecule has 0 bridgehead atoms. The smallest absolute Gasteiger partial charge is 0.462 e. The van der Waals surface area contributed by atoms with Gasteiger partial charge in [0.2, 0.25) is 0 Å². The zero-order chi connectivity index (χ0) is 77.6. The van der Waals surface area contributed by atoms with Crippen molar-refractivity contribution >= 4 is 39.5 Å². The largest absolute Gasteiger partial charge is 0.472 e. The van der Waals surface area contributed by atoms with Crippen LogP contribution in [-0.4, -0.2) is 96.7 Å². The summed E-state index contributed by atoms with van der Waals surface area (Å²) < 4.78 is 69.0. The van der Waals surface area contributed by atoms with Crippen molar-refractivity contribution in [3.05, 3.63) is 0 Å². The van der Waals surface area contributed by atoms with E-state index in [4.69, 9.17) is 37.0 Å². The van der Waals surface area contributed by atoms with Crippen LogP contribution in [0.1, 0.15) is 471 Å². The van der Waals surface area contributed by atoms with Crippen LogP contribution < -0.4 is 0 Å². The molecule has 0 amide bonds. The van der Waals surface area contributed by atoms with Gasteiger partial charge in [-0.2, -0.15) is 0 Å². The van der Waals surface area contributed by atoms with Gasteiger partial charge in [0.1, 0.15) is 19.3 Å². The number of phosphoric acid groups is 2. The molecule has 19 heteroatoms. The van der Waals surface area contributed by atoms with Gasteiger partial charge in [-0.3, -0.25) is 37.3 Å². The van der Waals surface area contributed by atoms with E-state index in [1.807, 2.05) is 0 Å². The number of hydrogen-bond acceptors (Lipinski definition) is 15. The number of phosphoric ester groups is 2.